The third-order valence-electron chi connectivity index (χ3n) is 3.85. The van der Waals surface area contributed by atoms with Crippen molar-refractivity contribution < 1.29 is 0 Å². The number of benzene rings is 2. The normalized spacial score (nSPS) is 12.2. The summed E-state index contributed by atoms with van der Waals surface area (Å²) in [6.07, 6.45) is 0.935. The molecule has 0 fully saturated rings. The van der Waals surface area contributed by atoms with E-state index in [0.29, 0.717) is 0 Å². The lowest BCUT2D eigenvalue weighted by molar-refractivity contribution is 0.629. The average molecular weight is 347 g/mol. The van der Waals surface area contributed by atoms with E-state index in [1.807, 2.05) is 18.2 Å². The van der Waals surface area contributed by atoms with Crippen LogP contribution in [0.5, 0.6) is 0 Å². The molecule has 0 radical (unpaired) electrons. The Kier molecular flexibility index (Phi) is 5.83. The maximum Gasteiger partial charge on any atom is 0.0395 e. The van der Waals surface area contributed by atoms with Crippen LogP contribution in [0.2, 0.25) is 0 Å². The molecule has 0 heterocycles. The highest BCUT2D eigenvalue weighted by molar-refractivity contribution is 9.10. The summed E-state index contributed by atoms with van der Waals surface area (Å²) in [7, 11) is 0. The first-order valence-electron chi connectivity index (χ1n) is 7.44. The fraction of sp³-hybridized carbons (Fsp3) is 0.333. The zero-order valence-electron chi connectivity index (χ0n) is 12.7. The van der Waals surface area contributed by atoms with Crippen LogP contribution < -0.4 is 10.6 Å². The second-order valence-electron chi connectivity index (χ2n) is 5.28. The van der Waals surface area contributed by atoms with Crippen molar-refractivity contribution in [2.75, 3.05) is 18.0 Å². The molecule has 2 rings (SSSR count). The first-order chi connectivity index (χ1) is 10.1. The predicted molar refractivity (Wildman–Crippen MR) is 94.8 cm³/mol. The van der Waals surface area contributed by atoms with E-state index in [9.17, 15) is 0 Å². The molecule has 2 N–H and O–H groups in total. The van der Waals surface area contributed by atoms with Crippen LogP contribution in [0.15, 0.2) is 53.0 Å². The molecular weight excluding hydrogens is 324 g/mol. The molecule has 2 aromatic carbocycles. The Morgan fingerprint density at radius 1 is 1.10 bits per heavy atom. The van der Waals surface area contributed by atoms with Gasteiger partial charge in [-0.25, -0.2) is 0 Å². The van der Waals surface area contributed by atoms with E-state index in [-0.39, 0.29) is 6.04 Å². The van der Waals surface area contributed by atoms with Gasteiger partial charge in [-0.15, -0.1) is 0 Å². The van der Waals surface area contributed by atoms with E-state index in [4.69, 9.17) is 5.73 Å². The molecule has 0 saturated carbocycles. The summed E-state index contributed by atoms with van der Waals surface area (Å²) in [6.45, 7) is 6.31. The number of hydrogen-bond acceptors (Lipinski definition) is 2. The molecule has 0 saturated heterocycles. The minimum Gasteiger partial charge on any atom is -0.372 e. The van der Waals surface area contributed by atoms with E-state index in [1.165, 1.54) is 16.8 Å². The first-order valence-corrected chi connectivity index (χ1v) is 8.23. The third-order valence-corrected chi connectivity index (χ3v) is 4.57. The van der Waals surface area contributed by atoms with Crippen LogP contribution in [0.3, 0.4) is 0 Å². The van der Waals surface area contributed by atoms with Gasteiger partial charge < -0.3 is 10.6 Å². The molecule has 0 aliphatic carbocycles. The Bertz CT molecular complexity index is 583. The monoisotopic (exact) mass is 346 g/mol. The molecule has 0 bridgehead atoms. The van der Waals surface area contributed by atoms with Crippen LogP contribution in [-0.2, 0) is 0 Å². The van der Waals surface area contributed by atoms with Crippen molar-refractivity contribution in [2.24, 2.45) is 5.73 Å². The van der Waals surface area contributed by atoms with Crippen molar-refractivity contribution in [3.8, 4) is 0 Å². The molecule has 0 aliphatic rings. The van der Waals surface area contributed by atoms with Crippen LogP contribution in [0.1, 0.15) is 30.5 Å². The Morgan fingerprint density at radius 2 is 1.76 bits per heavy atom. The largest absolute Gasteiger partial charge is 0.372 e. The first kappa shape index (κ1) is 16.1. The summed E-state index contributed by atoms with van der Waals surface area (Å²) >= 11 is 3.58. The number of nitrogens with zero attached hydrogens (tertiary/aromatic N) is 1. The minimum atomic E-state index is 0.0543. The van der Waals surface area contributed by atoms with Gasteiger partial charge in [-0.1, -0.05) is 52.3 Å². The molecule has 0 amide bonds. The number of nitrogens with two attached hydrogens (primary N) is 1. The van der Waals surface area contributed by atoms with Gasteiger partial charge in [0.15, 0.2) is 0 Å². The lowest BCUT2D eigenvalue weighted by Crippen LogP contribution is -2.27. The molecule has 21 heavy (non-hydrogen) atoms. The van der Waals surface area contributed by atoms with Crippen molar-refractivity contribution >= 4 is 21.6 Å². The highest BCUT2D eigenvalue weighted by Gasteiger charge is 2.12. The van der Waals surface area contributed by atoms with Crippen molar-refractivity contribution in [1.29, 1.82) is 0 Å². The molecule has 3 heteroatoms. The van der Waals surface area contributed by atoms with Gasteiger partial charge in [-0.3, -0.25) is 0 Å². The second-order valence-corrected chi connectivity index (χ2v) is 6.14. The number of anilines is 1. The topological polar surface area (TPSA) is 29.3 Å². The average Bonchev–Trinajstić information content (AvgIpc) is 2.49. The summed E-state index contributed by atoms with van der Waals surface area (Å²) in [5.41, 5.74) is 10.2. The summed E-state index contributed by atoms with van der Waals surface area (Å²) in [4.78, 5) is 2.39. The number of para-hydroxylation sites is 1. The zero-order chi connectivity index (χ0) is 15.2. The van der Waals surface area contributed by atoms with Crippen LogP contribution in [-0.4, -0.2) is 13.1 Å². The maximum absolute atomic E-state index is 6.36. The second kappa shape index (κ2) is 7.62. The van der Waals surface area contributed by atoms with Gasteiger partial charge in [-0.05, 0) is 43.5 Å². The summed E-state index contributed by atoms with van der Waals surface area (Å²) < 4.78 is 1.09. The quantitative estimate of drug-likeness (QED) is 0.823. The fourth-order valence-corrected chi connectivity index (χ4v) is 3.17. The molecule has 0 spiro atoms. The van der Waals surface area contributed by atoms with Crippen LogP contribution in [0.25, 0.3) is 0 Å². The zero-order valence-corrected chi connectivity index (χ0v) is 14.3. The number of rotatable bonds is 6. The standard InChI is InChI=1S/C18H23BrN2/c1-3-21(18-11-7-4-8-14(18)2)13-12-17(20)15-9-5-6-10-16(15)19/h4-11,17H,3,12-13,20H2,1-2H3. The summed E-state index contributed by atoms with van der Waals surface area (Å²) in [6, 6.07) is 16.8. The van der Waals surface area contributed by atoms with Crippen LogP contribution in [0.4, 0.5) is 5.69 Å². The van der Waals surface area contributed by atoms with Gasteiger partial charge in [-0.2, -0.15) is 0 Å². The van der Waals surface area contributed by atoms with E-state index in [1.54, 1.807) is 0 Å². The van der Waals surface area contributed by atoms with E-state index >= 15 is 0 Å². The molecule has 0 aliphatic heterocycles. The van der Waals surface area contributed by atoms with Crippen molar-refractivity contribution in [3.05, 3.63) is 64.1 Å². The van der Waals surface area contributed by atoms with Crippen molar-refractivity contribution in [3.63, 3.8) is 0 Å². The van der Waals surface area contributed by atoms with Crippen LogP contribution in [0, 0.1) is 6.92 Å². The molecule has 2 aromatic rings. The van der Waals surface area contributed by atoms with Gasteiger partial charge in [0.25, 0.3) is 0 Å². The smallest absolute Gasteiger partial charge is 0.0395 e. The third kappa shape index (κ3) is 4.08. The number of halogens is 1. The van der Waals surface area contributed by atoms with E-state index in [2.05, 4.69) is 65.0 Å². The summed E-state index contributed by atoms with van der Waals surface area (Å²) in [5.74, 6) is 0. The lowest BCUT2D eigenvalue weighted by Gasteiger charge is -2.26. The molecular formula is C18H23BrN2. The Balaban J connectivity index is 2.04. The number of hydrogen-bond donors (Lipinski definition) is 1. The Morgan fingerprint density at radius 3 is 2.43 bits per heavy atom. The molecule has 2 nitrogen and oxygen atoms in total. The highest BCUT2D eigenvalue weighted by atomic mass is 79.9. The Labute approximate surface area is 136 Å². The minimum absolute atomic E-state index is 0.0543. The van der Waals surface area contributed by atoms with Gasteiger partial charge in [0.1, 0.15) is 0 Å². The molecule has 1 unspecified atom stereocenters. The van der Waals surface area contributed by atoms with Gasteiger partial charge >= 0.3 is 0 Å². The predicted octanol–water partition coefficient (Wildman–Crippen LogP) is 4.67. The van der Waals surface area contributed by atoms with Gasteiger partial charge in [0.2, 0.25) is 0 Å². The maximum atomic E-state index is 6.36. The van der Waals surface area contributed by atoms with Crippen LogP contribution >= 0.6 is 15.9 Å². The van der Waals surface area contributed by atoms with Crippen molar-refractivity contribution in [1.82, 2.24) is 0 Å². The van der Waals surface area contributed by atoms with E-state index < -0.39 is 0 Å². The van der Waals surface area contributed by atoms with Crippen molar-refractivity contribution in [2.45, 2.75) is 26.3 Å². The molecule has 112 valence electrons. The van der Waals surface area contributed by atoms with Gasteiger partial charge in [0.05, 0.1) is 0 Å². The highest BCUT2D eigenvalue weighted by Crippen LogP contribution is 2.25. The van der Waals surface area contributed by atoms with E-state index in [0.717, 1.165) is 24.0 Å². The SMILES string of the molecule is CCN(CCC(N)c1ccccc1Br)c1ccccc1C. The fourth-order valence-electron chi connectivity index (χ4n) is 2.59. The van der Waals surface area contributed by atoms with Gasteiger partial charge in [0, 0.05) is 29.3 Å². The summed E-state index contributed by atoms with van der Waals surface area (Å²) in [5, 5.41) is 0. The molecule has 1 atom stereocenters. The molecule has 0 aromatic heterocycles. The number of aryl methyl sites for hydroxylation is 1. The lowest BCUT2D eigenvalue weighted by atomic mass is 10.0. The Hall–Kier alpha value is -1.32.